The summed E-state index contributed by atoms with van der Waals surface area (Å²) in [6, 6.07) is 10.5. The smallest absolute Gasteiger partial charge is 0.412 e. The van der Waals surface area contributed by atoms with E-state index in [2.05, 4.69) is 38.3 Å². The van der Waals surface area contributed by atoms with Crippen molar-refractivity contribution in [2.45, 2.75) is 171 Å². The number of aliphatic hydroxyl groups excluding tert-OH is 5. The van der Waals surface area contributed by atoms with Gasteiger partial charge in [0.1, 0.15) is 61.0 Å². The van der Waals surface area contributed by atoms with Crippen molar-refractivity contribution in [3.05, 3.63) is 60.2 Å². The summed E-state index contributed by atoms with van der Waals surface area (Å²) in [6.07, 6.45) is -9.27. The highest BCUT2D eigenvalue weighted by molar-refractivity contribution is 5.85. The first-order valence-electron chi connectivity index (χ1n) is 26.1. The molecule has 1 spiro atoms. The summed E-state index contributed by atoms with van der Waals surface area (Å²) >= 11 is 0. The standard InChI is InChI=1S/C53H72F2N2O15/c1-26-15-20-53(66-24-26)27(2)40-37(72-53)22-32-30-14-13-28-21-29(16-18-51(28,3)31(30)17-19-52(32,40)4)67-47-43(61)41(59)45(38(23-58)68-47)70-48-44(62)42(60)46(71-50(64)57-36-12-8-6-10-34(36)55)39(69-48)25-65-49(63)56-35-11-7-5-9-33(35)54/h5-12,26-32,37-48,58-62H,13-25H2,1-4H3,(H,56,63)(H,57,64)/t26-,27?,28+,29+,30-,31+,32+,37?,38-,39-,40?,41-,42-,43-,44-,45-,46-,47-,48+,51+,52+,53-/m1/s1. The van der Waals surface area contributed by atoms with E-state index in [0.717, 1.165) is 70.1 Å². The number of carbonyl (C=O) groups excluding carboxylic acids is 2. The number of aliphatic hydroxyl groups is 5. The summed E-state index contributed by atoms with van der Waals surface area (Å²) in [5.41, 5.74) is -0.141. The SMILES string of the molecule is CC1C2C(C[C@H]3[C@@H]4CC[C@H]5C[C@@H](O[C@@H]6O[C@H](CO)[C@@H](O[C@@H]7O[C@H](COC(=O)Nc8ccccc8F)[C@@H](OC(=O)Nc8ccccc8F)[C@H](O)[C@H]7O)[C@H](O)[C@H]6O)CC[C@]5(C)[C@H]4CC[C@]23C)O[C@]12CC[C@@H](C)CO2. The molecule has 72 heavy (non-hydrogen) atoms. The van der Waals surface area contributed by atoms with Gasteiger partial charge in [-0.25, -0.2) is 18.4 Å². The van der Waals surface area contributed by atoms with Crippen molar-refractivity contribution in [3.63, 3.8) is 0 Å². The average molecular weight is 1020 g/mol. The normalized spacial score (nSPS) is 45.5. The second kappa shape index (κ2) is 20.5. The number of benzene rings is 2. The number of amides is 2. The zero-order chi connectivity index (χ0) is 50.9. The first-order chi connectivity index (χ1) is 34.4. The highest BCUT2D eigenvalue weighted by Crippen LogP contribution is 2.71. The lowest BCUT2D eigenvalue weighted by molar-refractivity contribution is -0.363. The lowest BCUT2D eigenvalue weighted by Crippen LogP contribution is -2.65. The Hall–Kier alpha value is -3.60. The van der Waals surface area contributed by atoms with Gasteiger partial charge in [-0.15, -0.1) is 0 Å². The van der Waals surface area contributed by atoms with E-state index in [0.29, 0.717) is 41.4 Å². The Balaban J connectivity index is 0.767. The fraction of sp³-hybridized carbons (Fsp3) is 0.736. The number of rotatable bonds is 10. The van der Waals surface area contributed by atoms with E-state index in [1.54, 1.807) is 0 Å². The molecule has 3 unspecified atom stereocenters. The highest BCUT2D eigenvalue weighted by Gasteiger charge is 2.69. The lowest BCUT2D eigenvalue weighted by atomic mass is 9.44. The third-order valence-electron chi connectivity index (χ3n) is 18.8. The Morgan fingerprint density at radius 2 is 1.36 bits per heavy atom. The van der Waals surface area contributed by atoms with Gasteiger partial charge in [-0.3, -0.25) is 10.6 Å². The zero-order valence-electron chi connectivity index (χ0n) is 41.4. The molecule has 0 radical (unpaired) electrons. The van der Waals surface area contributed by atoms with Crippen LogP contribution in [-0.4, -0.2) is 137 Å². The molecule has 2 amide bonds. The minimum atomic E-state index is -2.01. The van der Waals surface area contributed by atoms with Gasteiger partial charge in [-0.1, -0.05) is 52.0 Å². The van der Waals surface area contributed by atoms with Crippen LogP contribution in [0.5, 0.6) is 0 Å². The predicted octanol–water partition coefficient (Wildman–Crippen LogP) is 6.23. The fourth-order valence-electron chi connectivity index (χ4n) is 15.0. The molecule has 2 aromatic carbocycles. The summed E-state index contributed by atoms with van der Waals surface area (Å²) in [4.78, 5) is 25.8. The van der Waals surface area contributed by atoms with E-state index in [1.165, 1.54) is 49.2 Å². The molecule has 4 saturated heterocycles. The third-order valence-corrected chi connectivity index (χ3v) is 18.8. The van der Waals surface area contributed by atoms with Crippen molar-refractivity contribution in [2.24, 2.45) is 52.3 Å². The minimum Gasteiger partial charge on any atom is -0.446 e. The highest BCUT2D eigenvalue weighted by atomic mass is 19.1. The maximum Gasteiger partial charge on any atom is 0.412 e. The number of fused-ring (bicyclic) bond motifs is 7. The second-order valence-corrected chi connectivity index (χ2v) is 22.7. The molecule has 10 rings (SSSR count). The summed E-state index contributed by atoms with van der Waals surface area (Å²) < 4.78 is 77.3. The van der Waals surface area contributed by atoms with E-state index < -0.39 is 104 Å². The Labute approximate surface area is 418 Å². The van der Waals surface area contributed by atoms with Gasteiger partial charge in [-0.2, -0.15) is 0 Å². The largest absolute Gasteiger partial charge is 0.446 e. The summed E-state index contributed by atoms with van der Waals surface area (Å²) in [6.45, 7) is 8.93. The van der Waals surface area contributed by atoms with Crippen LogP contribution in [0.3, 0.4) is 0 Å². The molecule has 19 heteroatoms. The van der Waals surface area contributed by atoms with Gasteiger partial charge in [0, 0.05) is 12.3 Å². The molecule has 4 aliphatic heterocycles. The Morgan fingerprint density at radius 1 is 0.722 bits per heavy atom. The molecule has 17 nitrogen and oxygen atoms in total. The van der Waals surface area contributed by atoms with Crippen LogP contribution in [0.25, 0.3) is 0 Å². The fourth-order valence-corrected chi connectivity index (χ4v) is 15.0. The Morgan fingerprint density at radius 3 is 2.03 bits per heavy atom. The second-order valence-electron chi connectivity index (χ2n) is 22.7. The van der Waals surface area contributed by atoms with E-state index in [1.807, 2.05) is 0 Å². The van der Waals surface area contributed by atoms with Crippen LogP contribution in [0.2, 0.25) is 0 Å². The number of carbonyl (C=O) groups is 2. The van der Waals surface area contributed by atoms with Crippen LogP contribution in [0, 0.1) is 63.9 Å². The van der Waals surface area contributed by atoms with Crippen molar-refractivity contribution < 1.29 is 81.8 Å². The van der Waals surface area contributed by atoms with E-state index in [9.17, 15) is 43.9 Å². The van der Waals surface area contributed by atoms with E-state index in [4.69, 9.17) is 37.9 Å². The predicted molar refractivity (Wildman–Crippen MR) is 252 cm³/mol. The van der Waals surface area contributed by atoms with Gasteiger partial charge in [0.25, 0.3) is 0 Å². The van der Waals surface area contributed by atoms with Crippen molar-refractivity contribution in [2.75, 3.05) is 30.5 Å². The van der Waals surface area contributed by atoms with Gasteiger partial charge in [0.2, 0.25) is 0 Å². The molecule has 0 aromatic heterocycles. The number of anilines is 2. The average Bonchev–Trinajstić information content (AvgIpc) is 3.81. The molecule has 0 bridgehead atoms. The summed E-state index contributed by atoms with van der Waals surface area (Å²) in [5, 5.41) is 60.8. The van der Waals surface area contributed by atoms with Crippen molar-refractivity contribution >= 4 is 23.6 Å². The van der Waals surface area contributed by atoms with Gasteiger partial charge in [0.15, 0.2) is 24.5 Å². The van der Waals surface area contributed by atoms with Gasteiger partial charge in [-0.05, 0) is 128 Å². The molecule has 4 aliphatic carbocycles. The first kappa shape index (κ1) is 51.9. The lowest BCUT2D eigenvalue weighted by Gasteiger charge is -2.61. The maximum absolute atomic E-state index is 14.4. The third kappa shape index (κ3) is 9.45. The number of nitrogens with one attached hydrogen (secondary N) is 2. The summed E-state index contributed by atoms with van der Waals surface area (Å²) in [5.74, 6) is 1.63. The number of hydrogen-bond acceptors (Lipinski definition) is 15. The zero-order valence-corrected chi connectivity index (χ0v) is 41.4. The number of ether oxygens (including phenoxy) is 8. The topological polar surface area (TPSA) is 233 Å². The maximum atomic E-state index is 14.4. The monoisotopic (exact) mass is 1010 g/mol. The van der Waals surface area contributed by atoms with Crippen LogP contribution in [0.15, 0.2) is 48.5 Å². The van der Waals surface area contributed by atoms with Crippen LogP contribution in [0.4, 0.5) is 29.7 Å². The van der Waals surface area contributed by atoms with Crippen LogP contribution < -0.4 is 10.6 Å². The molecule has 4 heterocycles. The number of hydrogen-bond donors (Lipinski definition) is 7. The molecular formula is C53H72F2N2O15. The van der Waals surface area contributed by atoms with Crippen LogP contribution >= 0.6 is 0 Å². The van der Waals surface area contributed by atoms with Gasteiger partial charge >= 0.3 is 12.2 Å². The molecule has 8 aliphatic rings. The van der Waals surface area contributed by atoms with Crippen LogP contribution in [0.1, 0.15) is 91.9 Å². The van der Waals surface area contributed by atoms with Crippen molar-refractivity contribution in [1.82, 2.24) is 0 Å². The number of halogens is 2. The minimum absolute atomic E-state index is 0.113. The van der Waals surface area contributed by atoms with E-state index in [-0.39, 0.29) is 34.4 Å². The first-order valence-corrected chi connectivity index (χ1v) is 26.1. The van der Waals surface area contributed by atoms with E-state index >= 15 is 0 Å². The molecular weight excluding hydrogens is 943 g/mol. The van der Waals surface area contributed by atoms with Crippen molar-refractivity contribution in [3.8, 4) is 0 Å². The summed E-state index contributed by atoms with van der Waals surface area (Å²) in [7, 11) is 0. The van der Waals surface area contributed by atoms with Crippen molar-refractivity contribution in [1.29, 1.82) is 0 Å². The molecule has 7 N–H and O–H groups in total. The molecule has 8 fully saturated rings. The molecule has 4 saturated carbocycles. The van der Waals surface area contributed by atoms with Gasteiger partial charge < -0.3 is 63.4 Å². The Bertz CT molecular complexity index is 2260. The van der Waals surface area contributed by atoms with Gasteiger partial charge in [0.05, 0.1) is 36.8 Å². The molecule has 2 aromatic rings. The van der Waals surface area contributed by atoms with Crippen LogP contribution in [-0.2, 0) is 37.9 Å². The number of para-hydroxylation sites is 2. The quantitative estimate of drug-likeness (QED) is 0.131. The Kier molecular flexibility index (Phi) is 14.8. The molecule has 22 atom stereocenters. The molecule has 398 valence electrons.